The molecule has 0 spiro atoms. The van der Waals surface area contributed by atoms with Crippen molar-refractivity contribution in [2.75, 3.05) is 25.2 Å². The van der Waals surface area contributed by atoms with Crippen LogP contribution in [0.4, 0.5) is 5.69 Å². The maximum absolute atomic E-state index is 13.1. The Bertz CT molecular complexity index is 1340. The quantitative estimate of drug-likeness (QED) is 0.381. The molecule has 1 atom stereocenters. The third kappa shape index (κ3) is 4.12. The number of carbonyl (C=O) groups is 1. The summed E-state index contributed by atoms with van der Waals surface area (Å²) in [4.78, 5) is 19.9. The number of imidazole rings is 1. The first-order valence-electron chi connectivity index (χ1n) is 11.6. The second-order valence-corrected chi connectivity index (χ2v) is 8.81. The molecule has 0 bridgehead atoms. The molecule has 4 aromatic rings. The molecule has 1 amide bonds. The van der Waals surface area contributed by atoms with Crippen molar-refractivity contribution in [3.8, 4) is 11.5 Å². The number of benzene rings is 3. The van der Waals surface area contributed by atoms with Crippen molar-refractivity contribution in [3.05, 3.63) is 83.7 Å². The third-order valence-corrected chi connectivity index (χ3v) is 6.47. The molecule has 2 heterocycles. The van der Waals surface area contributed by atoms with Crippen molar-refractivity contribution >= 4 is 22.6 Å². The van der Waals surface area contributed by atoms with Gasteiger partial charge in [0, 0.05) is 24.6 Å². The molecule has 0 aliphatic carbocycles. The number of para-hydroxylation sites is 4. The minimum atomic E-state index is 0.0195. The summed E-state index contributed by atoms with van der Waals surface area (Å²) in [7, 11) is 1.64. The number of nitrogens with zero attached hydrogens (tertiary/aromatic N) is 3. The molecule has 34 heavy (non-hydrogen) atoms. The van der Waals surface area contributed by atoms with Gasteiger partial charge in [-0.05, 0) is 55.3 Å². The highest BCUT2D eigenvalue weighted by molar-refractivity contribution is 5.97. The second-order valence-electron chi connectivity index (χ2n) is 8.81. The molecule has 1 aromatic heterocycles. The molecule has 0 unspecified atom stereocenters. The van der Waals surface area contributed by atoms with Crippen molar-refractivity contribution in [1.29, 1.82) is 0 Å². The van der Waals surface area contributed by atoms with Crippen LogP contribution in [0.1, 0.15) is 29.3 Å². The van der Waals surface area contributed by atoms with Crippen LogP contribution in [0.5, 0.6) is 11.5 Å². The van der Waals surface area contributed by atoms with E-state index in [2.05, 4.69) is 42.7 Å². The van der Waals surface area contributed by atoms with Gasteiger partial charge in [0.25, 0.3) is 0 Å². The van der Waals surface area contributed by atoms with Crippen molar-refractivity contribution < 1.29 is 14.3 Å². The Morgan fingerprint density at radius 3 is 2.59 bits per heavy atom. The number of fused-ring (bicyclic) bond motifs is 1. The van der Waals surface area contributed by atoms with Crippen LogP contribution in [-0.4, -0.2) is 35.7 Å². The lowest BCUT2D eigenvalue weighted by Crippen LogP contribution is -2.25. The van der Waals surface area contributed by atoms with Crippen LogP contribution in [-0.2, 0) is 11.3 Å². The van der Waals surface area contributed by atoms with E-state index < -0.39 is 0 Å². The van der Waals surface area contributed by atoms with E-state index in [0.717, 1.165) is 33.7 Å². The predicted octanol–water partition coefficient (Wildman–Crippen LogP) is 5.26. The van der Waals surface area contributed by atoms with Crippen LogP contribution in [0.25, 0.3) is 11.0 Å². The molecule has 6 nitrogen and oxygen atoms in total. The fraction of sp³-hybridized carbons (Fsp3) is 0.286. The fourth-order valence-electron chi connectivity index (χ4n) is 4.75. The Balaban J connectivity index is 1.42. The van der Waals surface area contributed by atoms with E-state index in [1.54, 1.807) is 7.11 Å². The highest BCUT2D eigenvalue weighted by atomic mass is 16.5. The minimum absolute atomic E-state index is 0.0195. The van der Waals surface area contributed by atoms with Gasteiger partial charge in [0.15, 0.2) is 11.5 Å². The Morgan fingerprint density at radius 1 is 1.00 bits per heavy atom. The van der Waals surface area contributed by atoms with Crippen molar-refractivity contribution in [1.82, 2.24) is 9.55 Å². The first-order valence-corrected chi connectivity index (χ1v) is 11.6. The standard InChI is InChI=1S/C28H29N3O3/c1-19-12-13-20(2)24(16-19)31-18-21(17-27(31)32)28-29-22-8-4-5-9-23(22)30(28)14-15-34-26-11-7-6-10-25(26)33-3/h4-13,16,21H,14-15,17-18H2,1-3H3/t21-/m0/s1. The molecule has 0 saturated carbocycles. The molecule has 0 radical (unpaired) electrons. The molecule has 1 aliphatic heterocycles. The smallest absolute Gasteiger partial charge is 0.227 e. The number of rotatable bonds is 7. The molecule has 0 N–H and O–H groups in total. The van der Waals surface area contributed by atoms with E-state index in [1.165, 1.54) is 0 Å². The second kappa shape index (κ2) is 9.21. The van der Waals surface area contributed by atoms with Gasteiger partial charge in [-0.2, -0.15) is 0 Å². The SMILES string of the molecule is COc1ccccc1OCCn1c([C@H]2CC(=O)N(c3cc(C)ccc3C)C2)nc2ccccc21. The van der Waals surface area contributed by atoms with Gasteiger partial charge in [0.05, 0.1) is 24.7 Å². The zero-order valence-electron chi connectivity index (χ0n) is 19.8. The van der Waals surface area contributed by atoms with Crippen LogP contribution in [0.2, 0.25) is 0 Å². The average molecular weight is 456 g/mol. The minimum Gasteiger partial charge on any atom is -0.493 e. The highest BCUT2D eigenvalue weighted by Gasteiger charge is 2.35. The fourth-order valence-corrected chi connectivity index (χ4v) is 4.75. The van der Waals surface area contributed by atoms with Crippen LogP contribution in [0, 0.1) is 13.8 Å². The molecule has 1 aliphatic rings. The van der Waals surface area contributed by atoms with Gasteiger partial charge in [-0.15, -0.1) is 0 Å². The Morgan fingerprint density at radius 2 is 1.76 bits per heavy atom. The monoisotopic (exact) mass is 455 g/mol. The molecule has 5 rings (SSSR count). The van der Waals surface area contributed by atoms with Crippen LogP contribution in [0.15, 0.2) is 66.7 Å². The van der Waals surface area contributed by atoms with Crippen molar-refractivity contribution in [2.45, 2.75) is 32.7 Å². The summed E-state index contributed by atoms with van der Waals surface area (Å²) in [6.07, 6.45) is 0.448. The zero-order valence-corrected chi connectivity index (χ0v) is 19.8. The Kier molecular flexibility index (Phi) is 5.97. The van der Waals surface area contributed by atoms with Gasteiger partial charge < -0.3 is 18.9 Å². The number of anilines is 1. The van der Waals surface area contributed by atoms with Gasteiger partial charge in [0.1, 0.15) is 12.4 Å². The summed E-state index contributed by atoms with van der Waals surface area (Å²) < 4.78 is 13.7. The lowest BCUT2D eigenvalue weighted by atomic mass is 10.1. The van der Waals surface area contributed by atoms with Crippen molar-refractivity contribution in [2.24, 2.45) is 0 Å². The van der Waals surface area contributed by atoms with Crippen molar-refractivity contribution in [3.63, 3.8) is 0 Å². The van der Waals surface area contributed by atoms with Gasteiger partial charge in [-0.3, -0.25) is 4.79 Å². The van der Waals surface area contributed by atoms with E-state index in [4.69, 9.17) is 14.5 Å². The molecular weight excluding hydrogens is 426 g/mol. The zero-order chi connectivity index (χ0) is 23.7. The normalized spacial score (nSPS) is 15.8. The summed E-state index contributed by atoms with van der Waals surface area (Å²) in [5.74, 6) is 2.52. The Hall–Kier alpha value is -3.80. The topological polar surface area (TPSA) is 56.6 Å². The summed E-state index contributed by atoms with van der Waals surface area (Å²) in [6.45, 7) is 5.83. The Labute approximate surface area is 199 Å². The third-order valence-electron chi connectivity index (χ3n) is 6.47. The number of hydrogen-bond donors (Lipinski definition) is 0. The summed E-state index contributed by atoms with van der Waals surface area (Å²) >= 11 is 0. The number of hydrogen-bond acceptors (Lipinski definition) is 4. The number of aromatic nitrogens is 2. The number of carbonyl (C=O) groups excluding carboxylic acids is 1. The van der Waals surface area contributed by atoms with Crippen LogP contribution < -0.4 is 14.4 Å². The molecule has 3 aromatic carbocycles. The molecule has 1 fully saturated rings. The maximum Gasteiger partial charge on any atom is 0.227 e. The number of aryl methyl sites for hydroxylation is 2. The maximum atomic E-state index is 13.1. The molecule has 6 heteroatoms. The molecule has 174 valence electrons. The van der Waals surface area contributed by atoms with E-state index in [9.17, 15) is 4.79 Å². The first kappa shape index (κ1) is 22.0. The number of methoxy groups -OCH3 is 1. The number of ether oxygens (including phenoxy) is 2. The van der Waals surface area contributed by atoms with Gasteiger partial charge >= 0.3 is 0 Å². The highest BCUT2D eigenvalue weighted by Crippen LogP contribution is 2.35. The van der Waals surface area contributed by atoms with Gasteiger partial charge in [0.2, 0.25) is 5.91 Å². The van der Waals surface area contributed by atoms with Gasteiger partial charge in [-0.1, -0.05) is 36.4 Å². The lowest BCUT2D eigenvalue weighted by molar-refractivity contribution is -0.117. The summed E-state index contributed by atoms with van der Waals surface area (Å²) in [6, 6.07) is 22.0. The first-order chi connectivity index (χ1) is 16.5. The summed E-state index contributed by atoms with van der Waals surface area (Å²) in [5, 5.41) is 0. The van der Waals surface area contributed by atoms with Crippen LogP contribution in [0.3, 0.4) is 0 Å². The number of amides is 1. The van der Waals surface area contributed by atoms with E-state index in [-0.39, 0.29) is 11.8 Å². The van der Waals surface area contributed by atoms with Gasteiger partial charge in [-0.25, -0.2) is 4.98 Å². The average Bonchev–Trinajstić information content (AvgIpc) is 3.41. The molecule has 1 saturated heterocycles. The molecular formula is C28H29N3O3. The van der Waals surface area contributed by atoms with Crippen LogP contribution >= 0.6 is 0 Å². The van der Waals surface area contributed by atoms with E-state index >= 15 is 0 Å². The summed E-state index contributed by atoms with van der Waals surface area (Å²) in [5.41, 5.74) is 5.25. The predicted molar refractivity (Wildman–Crippen MR) is 134 cm³/mol. The largest absolute Gasteiger partial charge is 0.493 e. The van der Waals surface area contributed by atoms with E-state index in [1.807, 2.05) is 47.4 Å². The van der Waals surface area contributed by atoms with E-state index in [0.29, 0.717) is 37.6 Å². The lowest BCUT2D eigenvalue weighted by Gasteiger charge is -2.20.